The van der Waals surface area contributed by atoms with Crippen LogP contribution < -0.4 is 10.5 Å². The number of rotatable bonds is 1. The van der Waals surface area contributed by atoms with Crippen molar-refractivity contribution in [1.29, 1.82) is 0 Å². The van der Waals surface area contributed by atoms with Crippen molar-refractivity contribution in [2.75, 3.05) is 13.1 Å². The third-order valence-electron chi connectivity index (χ3n) is 5.72. The van der Waals surface area contributed by atoms with Crippen LogP contribution in [0, 0.1) is 0 Å². The summed E-state index contributed by atoms with van der Waals surface area (Å²) in [6.45, 7) is 2.07. The van der Waals surface area contributed by atoms with Gasteiger partial charge in [-0.25, -0.2) is 0 Å². The van der Waals surface area contributed by atoms with Gasteiger partial charge in [0.05, 0.1) is 11.1 Å². The van der Waals surface area contributed by atoms with Gasteiger partial charge in [0, 0.05) is 23.7 Å². The van der Waals surface area contributed by atoms with E-state index < -0.39 is 0 Å². The summed E-state index contributed by atoms with van der Waals surface area (Å²) in [4.78, 5) is 2.53. The molecule has 5 rings (SSSR count). The Morgan fingerprint density at radius 2 is 1.96 bits per heavy atom. The quantitative estimate of drug-likeness (QED) is 0.858. The highest BCUT2D eigenvalue weighted by Gasteiger charge is 2.43. The number of piperidine rings is 1. The average Bonchev–Trinajstić information content (AvgIpc) is 2.96. The van der Waals surface area contributed by atoms with E-state index in [1.807, 2.05) is 12.1 Å². The molecule has 0 spiro atoms. The van der Waals surface area contributed by atoms with E-state index in [2.05, 4.69) is 29.2 Å². The Labute approximate surface area is 147 Å². The van der Waals surface area contributed by atoms with Crippen LogP contribution in [0.15, 0.2) is 36.4 Å². The molecule has 0 radical (unpaired) electrons. The van der Waals surface area contributed by atoms with Gasteiger partial charge in [-0.1, -0.05) is 41.9 Å². The summed E-state index contributed by atoms with van der Waals surface area (Å²) >= 11 is 6.45. The van der Waals surface area contributed by atoms with Crippen molar-refractivity contribution in [1.82, 2.24) is 4.90 Å². The second kappa shape index (κ2) is 5.48. The lowest BCUT2D eigenvalue weighted by Gasteiger charge is -2.39. The normalized spacial score (nSPS) is 28.2. The van der Waals surface area contributed by atoms with Crippen molar-refractivity contribution in [2.45, 2.75) is 37.5 Å². The lowest BCUT2D eigenvalue weighted by Crippen LogP contribution is -2.50. The molecule has 124 valence electrons. The van der Waals surface area contributed by atoms with E-state index in [-0.39, 0.29) is 12.1 Å². The summed E-state index contributed by atoms with van der Waals surface area (Å²) in [6.07, 6.45) is 3.40. The molecule has 2 N–H and O–H groups in total. The molecule has 0 unspecified atom stereocenters. The van der Waals surface area contributed by atoms with Gasteiger partial charge in [0.15, 0.2) is 0 Å². The molecule has 3 nitrogen and oxygen atoms in total. The van der Waals surface area contributed by atoms with Gasteiger partial charge in [0.2, 0.25) is 0 Å². The van der Waals surface area contributed by atoms with Crippen LogP contribution in [0.4, 0.5) is 0 Å². The Balaban J connectivity index is 1.60. The molecule has 0 bridgehead atoms. The zero-order valence-electron chi connectivity index (χ0n) is 13.5. The van der Waals surface area contributed by atoms with Crippen LogP contribution in [0.5, 0.6) is 5.75 Å². The van der Waals surface area contributed by atoms with E-state index in [0.717, 1.165) is 37.2 Å². The summed E-state index contributed by atoms with van der Waals surface area (Å²) < 4.78 is 6.48. The number of fused-ring (bicyclic) bond motifs is 2. The molecule has 2 heterocycles. The number of benzene rings is 2. The molecule has 4 heteroatoms. The Bertz CT molecular complexity index is 806. The van der Waals surface area contributed by atoms with Gasteiger partial charge in [-0.3, -0.25) is 4.90 Å². The van der Waals surface area contributed by atoms with Crippen molar-refractivity contribution in [3.63, 3.8) is 0 Å². The highest BCUT2D eigenvalue weighted by atomic mass is 35.5. The average molecular weight is 341 g/mol. The van der Waals surface area contributed by atoms with E-state index in [4.69, 9.17) is 22.1 Å². The van der Waals surface area contributed by atoms with Crippen LogP contribution in [0.2, 0.25) is 5.02 Å². The van der Waals surface area contributed by atoms with Crippen molar-refractivity contribution in [2.24, 2.45) is 5.73 Å². The van der Waals surface area contributed by atoms with Crippen molar-refractivity contribution in [3.8, 4) is 16.9 Å². The minimum absolute atomic E-state index is 0.0638. The first kappa shape index (κ1) is 14.8. The van der Waals surface area contributed by atoms with Crippen LogP contribution in [0.25, 0.3) is 11.1 Å². The fraction of sp³-hybridized carbons (Fsp3) is 0.400. The van der Waals surface area contributed by atoms with Crippen LogP contribution in [-0.4, -0.2) is 30.1 Å². The van der Waals surface area contributed by atoms with Crippen LogP contribution >= 0.6 is 11.6 Å². The second-order valence-corrected chi connectivity index (χ2v) is 7.61. The Morgan fingerprint density at radius 1 is 1.12 bits per heavy atom. The third kappa shape index (κ3) is 2.12. The first-order valence-corrected chi connectivity index (χ1v) is 9.17. The predicted molar refractivity (Wildman–Crippen MR) is 96.5 cm³/mol. The molecule has 3 aliphatic rings. The number of nitrogens with zero attached hydrogens (tertiary/aromatic N) is 1. The Hall–Kier alpha value is -1.55. The molecule has 1 fully saturated rings. The lowest BCUT2D eigenvalue weighted by molar-refractivity contribution is 0.0582. The van der Waals surface area contributed by atoms with E-state index >= 15 is 0 Å². The molecule has 24 heavy (non-hydrogen) atoms. The zero-order valence-corrected chi connectivity index (χ0v) is 14.3. The highest BCUT2D eigenvalue weighted by Crippen LogP contribution is 2.51. The number of ether oxygens (including phenoxy) is 1. The van der Waals surface area contributed by atoms with E-state index in [1.54, 1.807) is 0 Å². The SMILES string of the molecule is N[C@H]1CCCN([C@@H]2Cc3cccc4c3[C@H]2Oc2c(Cl)cccc2-4)C1. The van der Waals surface area contributed by atoms with E-state index in [9.17, 15) is 0 Å². The molecular weight excluding hydrogens is 320 g/mol. The number of hydrogen-bond acceptors (Lipinski definition) is 3. The van der Waals surface area contributed by atoms with Gasteiger partial charge in [-0.05, 0) is 43.0 Å². The minimum Gasteiger partial charge on any atom is -0.482 e. The summed E-state index contributed by atoms with van der Waals surface area (Å²) in [5.74, 6) is 0.835. The number of nitrogens with two attached hydrogens (primary N) is 1. The zero-order chi connectivity index (χ0) is 16.3. The third-order valence-corrected chi connectivity index (χ3v) is 6.02. The molecule has 2 aliphatic heterocycles. The van der Waals surface area contributed by atoms with Gasteiger partial charge < -0.3 is 10.5 Å². The topological polar surface area (TPSA) is 38.5 Å². The maximum Gasteiger partial charge on any atom is 0.146 e. The fourth-order valence-electron chi connectivity index (χ4n) is 4.65. The number of para-hydroxylation sites is 1. The molecule has 0 aromatic heterocycles. The van der Waals surface area contributed by atoms with Gasteiger partial charge in [-0.15, -0.1) is 0 Å². The van der Waals surface area contributed by atoms with Crippen molar-refractivity contribution >= 4 is 11.6 Å². The summed E-state index contributed by atoms with van der Waals surface area (Å²) in [7, 11) is 0. The molecule has 2 aromatic carbocycles. The summed E-state index contributed by atoms with van der Waals surface area (Å²) in [5, 5.41) is 0.699. The maximum atomic E-state index is 6.48. The molecule has 0 saturated carbocycles. The lowest BCUT2D eigenvalue weighted by atomic mass is 9.92. The molecule has 1 aliphatic carbocycles. The first-order chi connectivity index (χ1) is 11.7. The molecular formula is C20H21ClN2O. The minimum atomic E-state index is 0.0638. The highest BCUT2D eigenvalue weighted by molar-refractivity contribution is 6.32. The van der Waals surface area contributed by atoms with Crippen LogP contribution in [-0.2, 0) is 6.42 Å². The number of hydrogen-bond donors (Lipinski definition) is 1. The Kier molecular flexibility index (Phi) is 3.37. The van der Waals surface area contributed by atoms with Crippen LogP contribution in [0.3, 0.4) is 0 Å². The molecule has 1 saturated heterocycles. The number of likely N-dealkylation sites (tertiary alicyclic amines) is 1. The molecule has 2 aromatic rings. The standard InChI is InChI=1S/C20H21ClN2O/c21-16-8-2-7-15-14-6-1-4-12-10-17(20(18(12)14)24-19(15)16)23-9-3-5-13(22)11-23/h1-2,4,6-8,13,17,20H,3,5,9-11,22H2/t13-,17+,20-/m0/s1. The largest absolute Gasteiger partial charge is 0.482 e. The Morgan fingerprint density at radius 3 is 2.83 bits per heavy atom. The van der Waals surface area contributed by atoms with Crippen LogP contribution in [0.1, 0.15) is 30.1 Å². The van der Waals surface area contributed by atoms with E-state index in [0.29, 0.717) is 11.1 Å². The second-order valence-electron chi connectivity index (χ2n) is 7.20. The van der Waals surface area contributed by atoms with Crippen molar-refractivity contribution in [3.05, 3.63) is 52.5 Å². The van der Waals surface area contributed by atoms with E-state index in [1.165, 1.54) is 23.1 Å². The smallest absolute Gasteiger partial charge is 0.146 e. The van der Waals surface area contributed by atoms with Gasteiger partial charge >= 0.3 is 0 Å². The van der Waals surface area contributed by atoms with Crippen molar-refractivity contribution < 1.29 is 4.74 Å². The first-order valence-electron chi connectivity index (χ1n) is 8.79. The number of halogens is 1. The monoisotopic (exact) mass is 340 g/mol. The maximum absolute atomic E-state index is 6.48. The fourth-order valence-corrected chi connectivity index (χ4v) is 4.87. The van der Waals surface area contributed by atoms with Gasteiger partial charge in [0.1, 0.15) is 11.9 Å². The molecule has 0 amide bonds. The summed E-state index contributed by atoms with van der Waals surface area (Å²) in [5.41, 5.74) is 11.4. The molecule has 3 atom stereocenters. The summed E-state index contributed by atoms with van der Waals surface area (Å²) in [6, 6.07) is 13.3. The predicted octanol–water partition coefficient (Wildman–Crippen LogP) is 3.79. The van der Waals surface area contributed by atoms with Gasteiger partial charge in [-0.2, -0.15) is 0 Å². The van der Waals surface area contributed by atoms with Gasteiger partial charge in [0.25, 0.3) is 0 Å².